The second kappa shape index (κ2) is 8.08. The Hall–Kier alpha value is -2.08. The van der Waals surface area contributed by atoms with Crippen molar-refractivity contribution >= 4 is 11.9 Å². The van der Waals surface area contributed by atoms with Gasteiger partial charge in [-0.2, -0.15) is 0 Å². The number of hydrogen-bond donors (Lipinski definition) is 2. The van der Waals surface area contributed by atoms with Crippen LogP contribution >= 0.6 is 0 Å². The Labute approximate surface area is 155 Å². The topological polar surface area (TPSA) is 72.9 Å². The lowest BCUT2D eigenvalue weighted by atomic mass is 9.94. The van der Waals surface area contributed by atoms with Gasteiger partial charge in [0.2, 0.25) is 5.91 Å². The molecule has 2 heterocycles. The first kappa shape index (κ1) is 18.7. The average Bonchev–Trinajstić information content (AvgIpc) is 3.21. The fourth-order valence-electron chi connectivity index (χ4n) is 3.78. The van der Waals surface area contributed by atoms with Gasteiger partial charge in [-0.1, -0.05) is 30.3 Å². The number of carbonyl (C=O) groups excluding carboxylic acids is 2. The highest BCUT2D eigenvalue weighted by Gasteiger charge is 2.32. The maximum atomic E-state index is 12.6. The molecule has 2 atom stereocenters. The van der Waals surface area contributed by atoms with E-state index >= 15 is 0 Å². The summed E-state index contributed by atoms with van der Waals surface area (Å²) in [5.41, 5.74) is -0.341. The Morgan fingerprint density at radius 2 is 1.77 bits per heavy atom. The third-order valence-corrected chi connectivity index (χ3v) is 5.44. The van der Waals surface area contributed by atoms with Crippen molar-refractivity contribution in [2.75, 3.05) is 32.7 Å². The molecule has 0 unspecified atom stereocenters. The lowest BCUT2D eigenvalue weighted by Crippen LogP contribution is -2.50. The summed E-state index contributed by atoms with van der Waals surface area (Å²) in [6.45, 7) is 4.70. The summed E-state index contributed by atoms with van der Waals surface area (Å²) in [6.07, 6.45) is 3.76. The summed E-state index contributed by atoms with van der Waals surface area (Å²) in [5, 5.41) is 13.5. The zero-order valence-corrected chi connectivity index (χ0v) is 15.5. The van der Waals surface area contributed by atoms with Crippen molar-refractivity contribution in [3.8, 4) is 0 Å². The van der Waals surface area contributed by atoms with Crippen LogP contribution in [0.3, 0.4) is 0 Å². The first-order valence-corrected chi connectivity index (χ1v) is 9.57. The van der Waals surface area contributed by atoms with E-state index in [1.165, 1.54) is 0 Å². The lowest BCUT2D eigenvalue weighted by molar-refractivity contribution is -0.127. The zero-order chi connectivity index (χ0) is 18.6. The van der Waals surface area contributed by atoms with Gasteiger partial charge in [0.1, 0.15) is 5.60 Å². The predicted molar refractivity (Wildman–Crippen MR) is 99.5 cm³/mol. The Kier molecular flexibility index (Phi) is 5.81. The van der Waals surface area contributed by atoms with Crippen LogP contribution in [0.5, 0.6) is 0 Å². The van der Waals surface area contributed by atoms with Crippen molar-refractivity contribution in [2.45, 2.75) is 38.2 Å². The van der Waals surface area contributed by atoms with E-state index in [2.05, 4.69) is 5.32 Å². The third kappa shape index (κ3) is 4.36. The van der Waals surface area contributed by atoms with E-state index in [4.69, 9.17) is 0 Å². The van der Waals surface area contributed by atoms with E-state index in [9.17, 15) is 14.7 Å². The summed E-state index contributed by atoms with van der Waals surface area (Å²) in [6, 6.07) is 9.40. The van der Waals surface area contributed by atoms with Gasteiger partial charge in [0.15, 0.2) is 0 Å². The molecule has 0 aromatic heterocycles. The number of aliphatic hydroxyl groups is 1. The molecular formula is C20H29N3O3. The number of hydrogen-bond acceptors (Lipinski definition) is 3. The van der Waals surface area contributed by atoms with Crippen LogP contribution in [0.4, 0.5) is 4.79 Å². The number of carbonyl (C=O) groups is 2. The van der Waals surface area contributed by atoms with Crippen molar-refractivity contribution in [3.63, 3.8) is 0 Å². The first-order chi connectivity index (χ1) is 12.5. The van der Waals surface area contributed by atoms with Crippen LogP contribution in [0.15, 0.2) is 30.3 Å². The van der Waals surface area contributed by atoms with Crippen LogP contribution in [-0.4, -0.2) is 59.6 Å². The van der Waals surface area contributed by atoms with Crippen molar-refractivity contribution in [2.24, 2.45) is 5.92 Å². The molecule has 2 fully saturated rings. The fraction of sp³-hybridized carbons (Fsp3) is 0.600. The van der Waals surface area contributed by atoms with E-state index in [1.54, 1.807) is 6.92 Å². The molecule has 3 amide bonds. The van der Waals surface area contributed by atoms with Crippen molar-refractivity contribution < 1.29 is 14.7 Å². The molecule has 2 saturated heterocycles. The normalized spacial score (nSPS) is 22.8. The van der Waals surface area contributed by atoms with Gasteiger partial charge in [-0.05, 0) is 38.2 Å². The number of rotatable bonds is 4. The van der Waals surface area contributed by atoms with Gasteiger partial charge in [0, 0.05) is 26.2 Å². The van der Waals surface area contributed by atoms with E-state index in [0.29, 0.717) is 6.54 Å². The highest BCUT2D eigenvalue weighted by Crippen LogP contribution is 2.22. The third-order valence-electron chi connectivity index (χ3n) is 5.44. The number of nitrogens with one attached hydrogen (secondary N) is 1. The molecule has 0 radical (unpaired) electrons. The summed E-state index contributed by atoms with van der Waals surface area (Å²) < 4.78 is 0. The van der Waals surface area contributed by atoms with Crippen LogP contribution in [0.2, 0.25) is 0 Å². The summed E-state index contributed by atoms with van der Waals surface area (Å²) in [5.74, 6) is -0.290. The van der Waals surface area contributed by atoms with E-state index in [1.807, 2.05) is 40.1 Å². The van der Waals surface area contributed by atoms with Crippen molar-refractivity contribution in [1.29, 1.82) is 0 Å². The Morgan fingerprint density at radius 1 is 1.12 bits per heavy atom. The average molecular weight is 359 g/mol. The minimum Gasteiger partial charge on any atom is -0.384 e. The largest absolute Gasteiger partial charge is 0.384 e. The van der Waals surface area contributed by atoms with Gasteiger partial charge < -0.3 is 20.2 Å². The Morgan fingerprint density at radius 3 is 2.46 bits per heavy atom. The maximum absolute atomic E-state index is 12.6. The zero-order valence-electron chi connectivity index (χ0n) is 15.5. The maximum Gasteiger partial charge on any atom is 0.320 e. The number of likely N-dealkylation sites (tertiary alicyclic amines) is 2. The van der Waals surface area contributed by atoms with Crippen LogP contribution in [-0.2, 0) is 10.4 Å². The van der Waals surface area contributed by atoms with Crippen LogP contribution in [0.25, 0.3) is 0 Å². The Bertz CT molecular complexity index is 626. The number of benzene rings is 1. The van der Waals surface area contributed by atoms with Crippen LogP contribution < -0.4 is 5.32 Å². The Balaban J connectivity index is 1.53. The van der Waals surface area contributed by atoms with Crippen LogP contribution in [0, 0.1) is 5.92 Å². The monoisotopic (exact) mass is 359 g/mol. The minimum absolute atomic E-state index is 0.0660. The number of amides is 3. The molecule has 1 aromatic rings. The predicted octanol–water partition coefficient (Wildman–Crippen LogP) is 1.94. The first-order valence-electron chi connectivity index (χ1n) is 9.57. The standard InChI is InChI=1S/C20H29N3O3/c1-20(26,17-9-3-2-4-10-17)15-21-18(24)16-8-7-13-23(14-16)19(25)22-11-5-6-12-22/h2-4,9-10,16,26H,5-8,11-15H2,1H3,(H,21,24)/t16-,20-/m0/s1. The highest BCUT2D eigenvalue weighted by atomic mass is 16.3. The lowest BCUT2D eigenvalue weighted by Gasteiger charge is -2.35. The molecule has 1 aromatic carbocycles. The molecule has 2 aliphatic heterocycles. The van der Waals surface area contributed by atoms with Gasteiger partial charge in [0.25, 0.3) is 0 Å². The van der Waals surface area contributed by atoms with Gasteiger partial charge in [-0.3, -0.25) is 4.79 Å². The fourth-order valence-corrected chi connectivity index (χ4v) is 3.78. The van der Waals surface area contributed by atoms with Gasteiger partial charge in [-0.15, -0.1) is 0 Å². The van der Waals surface area contributed by atoms with E-state index in [-0.39, 0.29) is 24.4 Å². The summed E-state index contributed by atoms with van der Waals surface area (Å²) in [4.78, 5) is 28.8. The molecule has 0 spiro atoms. The summed E-state index contributed by atoms with van der Waals surface area (Å²) in [7, 11) is 0. The molecule has 0 bridgehead atoms. The molecule has 142 valence electrons. The second-order valence-corrected chi connectivity index (χ2v) is 7.62. The molecule has 3 rings (SSSR count). The van der Waals surface area contributed by atoms with E-state index in [0.717, 1.165) is 50.9 Å². The van der Waals surface area contributed by atoms with Gasteiger partial charge >= 0.3 is 6.03 Å². The molecule has 0 saturated carbocycles. The smallest absolute Gasteiger partial charge is 0.320 e. The quantitative estimate of drug-likeness (QED) is 0.863. The molecule has 6 heteroatoms. The SMILES string of the molecule is C[C@](O)(CNC(=O)[C@H]1CCCN(C(=O)N2CCCC2)C1)c1ccccc1. The molecule has 26 heavy (non-hydrogen) atoms. The van der Waals surface area contributed by atoms with Crippen molar-refractivity contribution in [3.05, 3.63) is 35.9 Å². The molecular weight excluding hydrogens is 330 g/mol. The second-order valence-electron chi connectivity index (χ2n) is 7.62. The van der Waals surface area contributed by atoms with Gasteiger partial charge in [0.05, 0.1) is 12.5 Å². The van der Waals surface area contributed by atoms with Gasteiger partial charge in [-0.25, -0.2) is 4.79 Å². The minimum atomic E-state index is -1.11. The summed E-state index contributed by atoms with van der Waals surface area (Å²) >= 11 is 0. The van der Waals surface area contributed by atoms with Crippen molar-refractivity contribution in [1.82, 2.24) is 15.1 Å². The van der Waals surface area contributed by atoms with Crippen LogP contribution in [0.1, 0.15) is 38.2 Å². The highest BCUT2D eigenvalue weighted by molar-refractivity contribution is 5.81. The molecule has 2 N–H and O–H groups in total. The molecule has 6 nitrogen and oxygen atoms in total. The molecule has 0 aliphatic carbocycles. The number of urea groups is 1. The molecule has 2 aliphatic rings. The number of nitrogens with zero attached hydrogens (tertiary/aromatic N) is 2. The number of piperidine rings is 1. The van der Waals surface area contributed by atoms with E-state index < -0.39 is 5.60 Å².